The molecule has 0 unspecified atom stereocenters. The van der Waals surface area contributed by atoms with Crippen molar-refractivity contribution in [2.75, 3.05) is 6.61 Å². The smallest absolute Gasteiger partial charge is 0.213 e. The molecule has 0 bridgehead atoms. The van der Waals surface area contributed by atoms with Crippen LogP contribution in [0, 0.1) is 0 Å². The molecule has 2 heterocycles. The molecule has 0 fully saturated rings. The Morgan fingerprint density at radius 2 is 2.29 bits per heavy atom. The summed E-state index contributed by atoms with van der Waals surface area (Å²) >= 11 is 0. The van der Waals surface area contributed by atoms with Gasteiger partial charge in [-0.05, 0) is 6.07 Å². The van der Waals surface area contributed by atoms with Crippen LogP contribution in [0.25, 0.3) is 0 Å². The van der Waals surface area contributed by atoms with Gasteiger partial charge in [-0.1, -0.05) is 6.07 Å². The first-order valence-corrected chi connectivity index (χ1v) is 4.45. The minimum absolute atomic E-state index is 0.605. The largest absolute Gasteiger partial charge is 0.476 e. The number of hydrogen-bond acceptors (Lipinski definition) is 3. The summed E-state index contributed by atoms with van der Waals surface area (Å²) in [5, 5.41) is 0. The fourth-order valence-corrected chi connectivity index (χ4v) is 1.11. The van der Waals surface area contributed by atoms with E-state index in [1.54, 1.807) is 18.7 Å². The Balaban J connectivity index is 1.79. The van der Waals surface area contributed by atoms with Crippen molar-refractivity contribution in [1.82, 2.24) is 14.5 Å². The predicted octanol–water partition coefficient (Wildman–Crippen LogP) is 1.36. The first-order chi connectivity index (χ1) is 6.95. The summed E-state index contributed by atoms with van der Waals surface area (Å²) in [5.74, 6) is 0.660. The van der Waals surface area contributed by atoms with Crippen LogP contribution in [0.1, 0.15) is 0 Å². The molecule has 0 N–H and O–H groups in total. The maximum Gasteiger partial charge on any atom is 0.213 e. The van der Waals surface area contributed by atoms with Crippen LogP contribution in [0.4, 0.5) is 0 Å². The number of hydrogen-bond donors (Lipinski definition) is 0. The Hall–Kier alpha value is -1.84. The zero-order valence-corrected chi connectivity index (χ0v) is 7.71. The quantitative estimate of drug-likeness (QED) is 0.729. The molecule has 0 aliphatic rings. The second-order valence-electron chi connectivity index (χ2n) is 2.82. The van der Waals surface area contributed by atoms with E-state index in [2.05, 4.69) is 9.97 Å². The molecule has 0 amide bonds. The van der Waals surface area contributed by atoms with Gasteiger partial charge in [-0.2, -0.15) is 0 Å². The summed E-state index contributed by atoms with van der Waals surface area (Å²) in [5.41, 5.74) is 0. The molecule has 0 spiro atoms. The third-order valence-electron chi connectivity index (χ3n) is 1.80. The van der Waals surface area contributed by atoms with Gasteiger partial charge in [-0.3, -0.25) is 0 Å². The molecule has 14 heavy (non-hydrogen) atoms. The Morgan fingerprint density at radius 1 is 1.29 bits per heavy atom. The highest BCUT2D eigenvalue weighted by atomic mass is 16.5. The van der Waals surface area contributed by atoms with Gasteiger partial charge in [0.2, 0.25) is 5.88 Å². The Labute approximate surface area is 82.2 Å². The van der Waals surface area contributed by atoms with E-state index in [4.69, 9.17) is 4.74 Å². The molecule has 0 aliphatic carbocycles. The second kappa shape index (κ2) is 4.41. The highest BCUT2D eigenvalue weighted by molar-refractivity contribution is 5.08. The summed E-state index contributed by atoms with van der Waals surface area (Å²) in [6, 6.07) is 5.61. The first-order valence-electron chi connectivity index (χ1n) is 4.45. The molecule has 0 aliphatic heterocycles. The van der Waals surface area contributed by atoms with Crippen molar-refractivity contribution in [2.24, 2.45) is 0 Å². The Morgan fingerprint density at radius 3 is 3.00 bits per heavy atom. The van der Waals surface area contributed by atoms with Crippen molar-refractivity contribution in [3.8, 4) is 5.88 Å². The zero-order chi connectivity index (χ0) is 9.64. The van der Waals surface area contributed by atoms with Gasteiger partial charge >= 0.3 is 0 Å². The average molecular weight is 189 g/mol. The summed E-state index contributed by atoms with van der Waals surface area (Å²) in [4.78, 5) is 7.99. The molecule has 0 aromatic carbocycles. The van der Waals surface area contributed by atoms with E-state index in [0.717, 1.165) is 6.54 Å². The molecular weight excluding hydrogens is 178 g/mol. The van der Waals surface area contributed by atoms with Crippen molar-refractivity contribution < 1.29 is 4.74 Å². The molecule has 4 nitrogen and oxygen atoms in total. The summed E-state index contributed by atoms with van der Waals surface area (Å²) in [6.45, 7) is 1.39. The average Bonchev–Trinajstić information content (AvgIpc) is 2.72. The number of ether oxygens (including phenoxy) is 1. The second-order valence-corrected chi connectivity index (χ2v) is 2.82. The van der Waals surface area contributed by atoms with Gasteiger partial charge in [-0.25, -0.2) is 9.97 Å². The van der Waals surface area contributed by atoms with Gasteiger partial charge in [0.05, 0.1) is 12.9 Å². The zero-order valence-electron chi connectivity index (χ0n) is 7.71. The van der Waals surface area contributed by atoms with E-state index in [-0.39, 0.29) is 0 Å². The maximum absolute atomic E-state index is 5.42. The van der Waals surface area contributed by atoms with Crippen molar-refractivity contribution in [2.45, 2.75) is 6.54 Å². The van der Waals surface area contributed by atoms with E-state index in [1.165, 1.54) is 0 Å². The van der Waals surface area contributed by atoms with E-state index < -0.39 is 0 Å². The van der Waals surface area contributed by atoms with Crippen molar-refractivity contribution in [3.05, 3.63) is 43.1 Å². The van der Waals surface area contributed by atoms with Gasteiger partial charge in [-0.15, -0.1) is 0 Å². The summed E-state index contributed by atoms with van der Waals surface area (Å²) in [6.07, 6.45) is 7.14. The number of rotatable bonds is 4. The van der Waals surface area contributed by atoms with Gasteiger partial charge < -0.3 is 9.30 Å². The lowest BCUT2D eigenvalue weighted by molar-refractivity contribution is 0.287. The van der Waals surface area contributed by atoms with Crippen LogP contribution in [0.15, 0.2) is 43.1 Å². The third-order valence-corrected chi connectivity index (χ3v) is 1.80. The van der Waals surface area contributed by atoms with Crippen molar-refractivity contribution in [1.29, 1.82) is 0 Å². The Kier molecular flexibility index (Phi) is 2.76. The van der Waals surface area contributed by atoms with Crippen LogP contribution in [-0.2, 0) is 6.54 Å². The van der Waals surface area contributed by atoms with Crippen LogP contribution in [0.2, 0.25) is 0 Å². The SMILES string of the molecule is c1ccc(OCCn2ccnc2)nc1. The summed E-state index contributed by atoms with van der Waals surface area (Å²) < 4.78 is 7.38. The molecule has 72 valence electrons. The van der Waals surface area contributed by atoms with Crippen molar-refractivity contribution in [3.63, 3.8) is 0 Å². The van der Waals surface area contributed by atoms with Gasteiger partial charge in [0.15, 0.2) is 0 Å². The molecule has 2 aromatic heterocycles. The highest BCUT2D eigenvalue weighted by Gasteiger charge is 1.93. The van der Waals surface area contributed by atoms with E-state index in [1.807, 2.05) is 29.0 Å². The van der Waals surface area contributed by atoms with Crippen LogP contribution >= 0.6 is 0 Å². The van der Waals surface area contributed by atoms with Crippen LogP contribution in [0.5, 0.6) is 5.88 Å². The molecule has 4 heteroatoms. The van der Waals surface area contributed by atoms with Gasteiger partial charge in [0, 0.05) is 24.7 Å². The van der Waals surface area contributed by atoms with Crippen LogP contribution in [0.3, 0.4) is 0 Å². The van der Waals surface area contributed by atoms with Gasteiger partial charge in [0.25, 0.3) is 0 Å². The highest BCUT2D eigenvalue weighted by Crippen LogP contribution is 2.02. The topological polar surface area (TPSA) is 39.9 Å². The molecule has 0 atom stereocenters. The lowest BCUT2D eigenvalue weighted by Crippen LogP contribution is -2.06. The van der Waals surface area contributed by atoms with E-state index >= 15 is 0 Å². The fourth-order valence-electron chi connectivity index (χ4n) is 1.11. The van der Waals surface area contributed by atoms with Crippen molar-refractivity contribution >= 4 is 0 Å². The number of aromatic nitrogens is 3. The van der Waals surface area contributed by atoms with Crippen LogP contribution in [-0.4, -0.2) is 21.1 Å². The van der Waals surface area contributed by atoms with E-state index in [0.29, 0.717) is 12.5 Å². The predicted molar refractivity (Wildman–Crippen MR) is 52.0 cm³/mol. The van der Waals surface area contributed by atoms with Gasteiger partial charge in [0.1, 0.15) is 6.61 Å². The summed E-state index contributed by atoms with van der Waals surface area (Å²) in [7, 11) is 0. The molecular formula is C10H11N3O. The molecule has 2 aromatic rings. The maximum atomic E-state index is 5.42. The molecule has 0 radical (unpaired) electrons. The van der Waals surface area contributed by atoms with E-state index in [9.17, 15) is 0 Å². The van der Waals surface area contributed by atoms with Crippen LogP contribution < -0.4 is 4.74 Å². The normalized spacial score (nSPS) is 10.0. The lowest BCUT2D eigenvalue weighted by Gasteiger charge is -2.04. The first kappa shape index (κ1) is 8.74. The number of imidazole rings is 1. The molecule has 2 rings (SSSR count). The fraction of sp³-hybridized carbons (Fsp3) is 0.200. The molecule has 0 saturated heterocycles. The molecule has 0 saturated carbocycles. The Bertz CT molecular complexity index is 358. The minimum atomic E-state index is 0.605. The minimum Gasteiger partial charge on any atom is -0.476 e. The number of nitrogens with zero attached hydrogens (tertiary/aromatic N) is 3. The third kappa shape index (κ3) is 2.32. The standard InChI is InChI=1S/C10H11N3O/c1-2-4-12-10(3-1)14-8-7-13-6-5-11-9-13/h1-6,9H,7-8H2. The lowest BCUT2D eigenvalue weighted by atomic mass is 10.5. The number of pyridine rings is 1. The monoisotopic (exact) mass is 189 g/mol.